The van der Waals surface area contributed by atoms with E-state index in [0.29, 0.717) is 0 Å². The standard InChI is InChI=1S/C12H20O/c1-3-4-5-6-7-8-9-10-12(2)11-13/h6-7,9-12H,3-5,8H2,1-2H3/b7-6+,10-9+. The maximum Gasteiger partial charge on any atom is 0.126 e. The number of unbranched alkanes of at least 4 members (excludes halogenated alkanes) is 2. The Morgan fingerprint density at radius 3 is 2.62 bits per heavy atom. The van der Waals surface area contributed by atoms with Crippen molar-refractivity contribution >= 4 is 6.29 Å². The molecule has 0 bridgehead atoms. The Morgan fingerprint density at radius 2 is 2.00 bits per heavy atom. The molecule has 13 heavy (non-hydrogen) atoms. The number of hydrogen-bond acceptors (Lipinski definition) is 1. The molecule has 0 amide bonds. The molecule has 0 fully saturated rings. The summed E-state index contributed by atoms with van der Waals surface area (Å²) in [5.41, 5.74) is 0. The smallest absolute Gasteiger partial charge is 0.126 e. The van der Waals surface area contributed by atoms with Crippen LogP contribution in [-0.2, 0) is 4.79 Å². The zero-order valence-corrected chi connectivity index (χ0v) is 8.70. The van der Waals surface area contributed by atoms with Gasteiger partial charge in [0.25, 0.3) is 0 Å². The van der Waals surface area contributed by atoms with Crippen molar-refractivity contribution in [1.82, 2.24) is 0 Å². The van der Waals surface area contributed by atoms with Crippen LogP contribution < -0.4 is 0 Å². The summed E-state index contributed by atoms with van der Waals surface area (Å²) in [6, 6.07) is 0. The molecule has 1 unspecified atom stereocenters. The minimum absolute atomic E-state index is 0.0593. The molecule has 0 saturated heterocycles. The lowest BCUT2D eigenvalue weighted by Crippen LogP contribution is -1.87. The molecule has 0 radical (unpaired) electrons. The molecule has 0 aromatic heterocycles. The van der Waals surface area contributed by atoms with Crippen LogP contribution in [0.5, 0.6) is 0 Å². The molecule has 0 aliphatic heterocycles. The first-order valence-corrected chi connectivity index (χ1v) is 5.08. The van der Waals surface area contributed by atoms with Gasteiger partial charge in [-0.15, -0.1) is 0 Å². The average Bonchev–Trinajstić information content (AvgIpc) is 2.16. The summed E-state index contributed by atoms with van der Waals surface area (Å²) in [6.45, 7) is 4.09. The Balaban J connectivity index is 3.37. The van der Waals surface area contributed by atoms with Crippen molar-refractivity contribution in [3.63, 3.8) is 0 Å². The largest absolute Gasteiger partial charge is 0.303 e. The fourth-order valence-corrected chi connectivity index (χ4v) is 0.953. The number of allylic oxidation sites excluding steroid dienone is 4. The molecule has 1 atom stereocenters. The number of carbonyl (C=O) groups is 1. The highest BCUT2D eigenvalue weighted by molar-refractivity contribution is 5.55. The summed E-state index contributed by atoms with van der Waals surface area (Å²) in [7, 11) is 0. The van der Waals surface area contributed by atoms with Gasteiger partial charge in [-0.2, -0.15) is 0 Å². The molecule has 74 valence electrons. The number of rotatable bonds is 7. The Morgan fingerprint density at radius 1 is 1.23 bits per heavy atom. The Hall–Kier alpha value is -0.850. The van der Waals surface area contributed by atoms with Crippen LogP contribution in [0.2, 0.25) is 0 Å². The van der Waals surface area contributed by atoms with Gasteiger partial charge in [0.2, 0.25) is 0 Å². The number of hydrogen-bond donors (Lipinski definition) is 0. The highest BCUT2D eigenvalue weighted by Crippen LogP contribution is 1.98. The predicted molar refractivity (Wildman–Crippen MR) is 57.7 cm³/mol. The van der Waals surface area contributed by atoms with E-state index in [9.17, 15) is 4.79 Å². The van der Waals surface area contributed by atoms with Crippen LogP contribution in [0.15, 0.2) is 24.3 Å². The lowest BCUT2D eigenvalue weighted by atomic mass is 10.2. The maximum atomic E-state index is 10.2. The monoisotopic (exact) mass is 180 g/mol. The molecule has 1 heteroatoms. The molecular formula is C12H20O. The molecule has 0 spiro atoms. The average molecular weight is 180 g/mol. The van der Waals surface area contributed by atoms with Gasteiger partial charge >= 0.3 is 0 Å². The second kappa shape index (κ2) is 9.24. The highest BCUT2D eigenvalue weighted by Gasteiger charge is 1.88. The van der Waals surface area contributed by atoms with Gasteiger partial charge in [0.1, 0.15) is 6.29 Å². The molecule has 1 nitrogen and oxygen atoms in total. The Kier molecular flexibility index (Phi) is 8.64. The van der Waals surface area contributed by atoms with Crippen LogP contribution in [0.3, 0.4) is 0 Å². The van der Waals surface area contributed by atoms with Gasteiger partial charge in [-0.1, -0.05) is 51.0 Å². The third-order valence-electron chi connectivity index (χ3n) is 1.82. The topological polar surface area (TPSA) is 17.1 Å². The van der Waals surface area contributed by atoms with Crippen LogP contribution in [0.4, 0.5) is 0 Å². The maximum absolute atomic E-state index is 10.2. The van der Waals surface area contributed by atoms with Crippen LogP contribution in [0, 0.1) is 5.92 Å². The molecule has 0 aliphatic carbocycles. The van der Waals surface area contributed by atoms with E-state index in [0.717, 1.165) is 12.7 Å². The van der Waals surface area contributed by atoms with E-state index in [2.05, 4.69) is 19.1 Å². The van der Waals surface area contributed by atoms with E-state index >= 15 is 0 Å². The molecule has 0 aromatic carbocycles. The van der Waals surface area contributed by atoms with E-state index in [-0.39, 0.29) is 5.92 Å². The van der Waals surface area contributed by atoms with Crippen molar-refractivity contribution in [3.05, 3.63) is 24.3 Å². The molecule has 0 aromatic rings. The SMILES string of the molecule is CCCC/C=C/C/C=C/C(C)C=O. The molecule has 0 saturated carbocycles. The van der Waals surface area contributed by atoms with Crippen molar-refractivity contribution in [2.75, 3.05) is 0 Å². The first-order valence-electron chi connectivity index (χ1n) is 5.08. The summed E-state index contributed by atoms with van der Waals surface area (Å²) < 4.78 is 0. The summed E-state index contributed by atoms with van der Waals surface area (Å²) in [6.07, 6.45) is 13.9. The van der Waals surface area contributed by atoms with Crippen molar-refractivity contribution in [2.45, 2.75) is 39.5 Å². The molecule has 0 heterocycles. The Bertz CT molecular complexity index is 168. The first-order chi connectivity index (χ1) is 6.31. The molecule has 0 N–H and O–H groups in total. The first kappa shape index (κ1) is 12.2. The summed E-state index contributed by atoms with van der Waals surface area (Å²) in [5.74, 6) is 0.0593. The van der Waals surface area contributed by atoms with E-state index in [1.165, 1.54) is 19.3 Å². The lowest BCUT2D eigenvalue weighted by Gasteiger charge is -1.90. The third kappa shape index (κ3) is 9.06. The molecule has 0 aliphatic rings. The van der Waals surface area contributed by atoms with Gasteiger partial charge < -0.3 is 4.79 Å². The summed E-state index contributed by atoms with van der Waals surface area (Å²) in [4.78, 5) is 10.2. The van der Waals surface area contributed by atoms with Crippen molar-refractivity contribution in [1.29, 1.82) is 0 Å². The van der Waals surface area contributed by atoms with Crippen LogP contribution in [0.25, 0.3) is 0 Å². The molecule has 0 rings (SSSR count). The second-order valence-electron chi connectivity index (χ2n) is 3.27. The highest BCUT2D eigenvalue weighted by atomic mass is 16.1. The van der Waals surface area contributed by atoms with Gasteiger partial charge in [0.05, 0.1) is 0 Å². The van der Waals surface area contributed by atoms with Crippen LogP contribution in [0.1, 0.15) is 39.5 Å². The fraction of sp³-hybridized carbons (Fsp3) is 0.583. The van der Waals surface area contributed by atoms with Gasteiger partial charge in [0, 0.05) is 5.92 Å². The van der Waals surface area contributed by atoms with E-state index in [1.807, 2.05) is 19.1 Å². The van der Waals surface area contributed by atoms with Gasteiger partial charge in [-0.05, 0) is 12.8 Å². The van der Waals surface area contributed by atoms with Gasteiger partial charge in [-0.25, -0.2) is 0 Å². The number of aldehydes is 1. The predicted octanol–water partition coefficient (Wildman–Crippen LogP) is 3.51. The Labute approximate surface area is 81.5 Å². The summed E-state index contributed by atoms with van der Waals surface area (Å²) >= 11 is 0. The normalized spacial score (nSPS) is 14.0. The second-order valence-corrected chi connectivity index (χ2v) is 3.27. The minimum Gasteiger partial charge on any atom is -0.303 e. The van der Waals surface area contributed by atoms with E-state index in [1.54, 1.807) is 0 Å². The zero-order chi connectivity index (χ0) is 9.94. The van der Waals surface area contributed by atoms with E-state index in [4.69, 9.17) is 0 Å². The zero-order valence-electron chi connectivity index (χ0n) is 8.70. The lowest BCUT2D eigenvalue weighted by molar-refractivity contribution is -0.109. The van der Waals surface area contributed by atoms with Crippen molar-refractivity contribution < 1.29 is 4.79 Å². The summed E-state index contributed by atoms with van der Waals surface area (Å²) in [5, 5.41) is 0. The van der Waals surface area contributed by atoms with Crippen molar-refractivity contribution in [3.8, 4) is 0 Å². The number of carbonyl (C=O) groups excluding carboxylic acids is 1. The van der Waals surface area contributed by atoms with Gasteiger partial charge in [-0.3, -0.25) is 0 Å². The quantitative estimate of drug-likeness (QED) is 0.333. The fourth-order valence-electron chi connectivity index (χ4n) is 0.953. The van der Waals surface area contributed by atoms with Crippen molar-refractivity contribution in [2.24, 2.45) is 5.92 Å². The molecular weight excluding hydrogens is 160 g/mol. The van der Waals surface area contributed by atoms with E-state index < -0.39 is 0 Å². The van der Waals surface area contributed by atoms with Crippen LogP contribution in [-0.4, -0.2) is 6.29 Å². The van der Waals surface area contributed by atoms with Gasteiger partial charge in [0.15, 0.2) is 0 Å². The van der Waals surface area contributed by atoms with Crippen LogP contribution >= 0.6 is 0 Å². The third-order valence-corrected chi connectivity index (χ3v) is 1.82. The minimum atomic E-state index is 0.0593.